The van der Waals surface area contributed by atoms with Crippen LogP contribution in [0.5, 0.6) is 0 Å². The molecule has 1 N–H and O–H groups in total. The van der Waals surface area contributed by atoms with Crippen molar-refractivity contribution in [3.8, 4) is 0 Å². The summed E-state index contributed by atoms with van der Waals surface area (Å²) in [5.74, 6) is 0.526. The molecule has 3 aromatic rings. The first-order chi connectivity index (χ1) is 14.7. The number of piperidine rings is 1. The van der Waals surface area contributed by atoms with Crippen LogP contribution in [0.4, 0.5) is 0 Å². The molecule has 0 saturated carbocycles. The molecule has 0 atom stereocenters. The van der Waals surface area contributed by atoms with Crippen LogP contribution in [0.3, 0.4) is 0 Å². The number of nitrogens with zero attached hydrogens (tertiary/aromatic N) is 3. The molecule has 4 rings (SSSR count). The Labute approximate surface area is 179 Å². The number of imidazole rings is 1. The highest BCUT2D eigenvalue weighted by atomic mass is 32.2. The summed E-state index contributed by atoms with van der Waals surface area (Å²) in [6.45, 7) is 4.18. The average molecular weight is 425 g/mol. The Hall–Kier alpha value is -2.48. The van der Waals surface area contributed by atoms with E-state index in [9.17, 15) is 8.42 Å². The van der Waals surface area contributed by atoms with Gasteiger partial charge in [-0.05, 0) is 48.5 Å². The van der Waals surface area contributed by atoms with Crippen LogP contribution in [0.25, 0.3) is 0 Å². The van der Waals surface area contributed by atoms with Crippen molar-refractivity contribution in [1.82, 2.24) is 19.2 Å². The number of thiol groups is 1. The van der Waals surface area contributed by atoms with E-state index in [2.05, 4.69) is 61.8 Å². The van der Waals surface area contributed by atoms with Gasteiger partial charge in [0.15, 0.2) is 0 Å². The maximum absolute atomic E-state index is 10.8. The third-order valence-electron chi connectivity index (χ3n) is 5.70. The lowest BCUT2D eigenvalue weighted by atomic mass is 9.88. The van der Waals surface area contributed by atoms with Crippen LogP contribution in [-0.2, 0) is 30.5 Å². The summed E-state index contributed by atoms with van der Waals surface area (Å²) in [5, 5.41) is 0. The van der Waals surface area contributed by atoms with Gasteiger partial charge < -0.3 is 4.57 Å². The van der Waals surface area contributed by atoms with Gasteiger partial charge in [0.25, 0.3) is 0 Å². The molecule has 0 radical (unpaired) electrons. The summed E-state index contributed by atoms with van der Waals surface area (Å²) in [7, 11) is -2.56. The third-order valence-corrected chi connectivity index (χ3v) is 6.12. The number of rotatable bonds is 8. The first-order valence-corrected chi connectivity index (χ1v) is 11.6. The van der Waals surface area contributed by atoms with E-state index in [1.54, 1.807) is 0 Å². The molecule has 2 heterocycles. The average Bonchev–Trinajstić information content (AvgIpc) is 3.20. The van der Waals surface area contributed by atoms with Gasteiger partial charge in [0.05, 0.1) is 12.0 Å². The van der Waals surface area contributed by atoms with Crippen molar-refractivity contribution in [2.24, 2.45) is 0 Å². The van der Waals surface area contributed by atoms with Crippen molar-refractivity contribution in [3.63, 3.8) is 0 Å². The highest BCUT2D eigenvalue weighted by Gasteiger charge is 2.21. The van der Waals surface area contributed by atoms with Gasteiger partial charge in [0, 0.05) is 25.8 Å². The molecule has 0 aliphatic carbocycles. The van der Waals surface area contributed by atoms with Crippen molar-refractivity contribution in [2.45, 2.75) is 38.4 Å². The van der Waals surface area contributed by atoms with Crippen molar-refractivity contribution in [3.05, 3.63) is 89.5 Å². The predicted octanol–water partition coefficient (Wildman–Crippen LogP) is 2.93. The zero-order chi connectivity index (χ0) is 20.8. The summed E-state index contributed by atoms with van der Waals surface area (Å²) < 4.78 is 26.1. The summed E-state index contributed by atoms with van der Waals surface area (Å²) in [6, 6.07) is 18.7. The van der Waals surface area contributed by atoms with Gasteiger partial charge in [-0.1, -0.05) is 54.6 Å². The lowest BCUT2D eigenvalue weighted by Gasteiger charge is -2.31. The van der Waals surface area contributed by atoms with E-state index in [-0.39, 0.29) is 0 Å². The van der Waals surface area contributed by atoms with Crippen LogP contribution < -0.4 is 4.72 Å². The Morgan fingerprint density at radius 1 is 0.967 bits per heavy atom. The monoisotopic (exact) mass is 424 g/mol. The zero-order valence-electron chi connectivity index (χ0n) is 17.0. The molecular formula is C23H28N4O2S. The summed E-state index contributed by atoms with van der Waals surface area (Å²) in [5.41, 5.74) is 4.71. The fraction of sp³-hybridized carbons (Fsp3) is 0.348. The fourth-order valence-corrected chi connectivity index (χ4v) is 4.45. The lowest BCUT2D eigenvalue weighted by molar-refractivity contribution is 0.202. The minimum absolute atomic E-state index is 0.358. The van der Waals surface area contributed by atoms with Gasteiger partial charge in [-0.25, -0.2) is 18.1 Å². The summed E-state index contributed by atoms with van der Waals surface area (Å²) in [6.07, 6.45) is 6.29. The second-order valence-electron chi connectivity index (χ2n) is 7.91. The quantitative estimate of drug-likeness (QED) is 0.546. The van der Waals surface area contributed by atoms with Gasteiger partial charge in [0.2, 0.25) is 10.9 Å². The number of likely N-dealkylation sites (tertiary alicyclic amines) is 1. The van der Waals surface area contributed by atoms with Crippen molar-refractivity contribution in [2.75, 3.05) is 13.1 Å². The summed E-state index contributed by atoms with van der Waals surface area (Å²) in [4.78, 5) is 7.07. The molecule has 1 aromatic heterocycles. The SMILES string of the molecule is O=[SH](=O)NCc1cccc(C2CCN(Cc3cn(Cc4ccccc4)cn3)CC2)c1. The number of hydrogen-bond acceptors (Lipinski definition) is 4. The molecule has 1 saturated heterocycles. The predicted molar refractivity (Wildman–Crippen MR) is 119 cm³/mol. The molecular weight excluding hydrogens is 396 g/mol. The van der Waals surface area contributed by atoms with E-state index in [4.69, 9.17) is 0 Å². The van der Waals surface area contributed by atoms with Crippen LogP contribution in [-0.4, -0.2) is 36.0 Å². The van der Waals surface area contributed by atoms with Gasteiger partial charge in [-0.3, -0.25) is 4.90 Å². The fourth-order valence-electron chi connectivity index (χ4n) is 4.14. The van der Waals surface area contributed by atoms with Gasteiger partial charge in [-0.15, -0.1) is 0 Å². The minimum Gasteiger partial charge on any atom is -0.333 e. The highest BCUT2D eigenvalue weighted by molar-refractivity contribution is 7.70. The first-order valence-electron chi connectivity index (χ1n) is 10.4. The molecule has 30 heavy (non-hydrogen) atoms. The topological polar surface area (TPSA) is 67.2 Å². The van der Waals surface area contributed by atoms with Gasteiger partial charge in [-0.2, -0.15) is 0 Å². The Balaban J connectivity index is 1.28. The molecule has 0 unspecified atom stereocenters. The van der Waals surface area contributed by atoms with Gasteiger partial charge in [0.1, 0.15) is 0 Å². The van der Waals surface area contributed by atoms with E-state index < -0.39 is 10.9 Å². The number of hydrogen-bond donors (Lipinski definition) is 2. The van der Waals surface area contributed by atoms with Crippen LogP contribution >= 0.6 is 0 Å². The standard InChI is InChI=1S/C23H28N4O2S/c28-30(29)25-14-20-7-4-8-22(13-20)21-9-11-26(12-10-21)16-23-17-27(18-24-23)15-19-5-2-1-3-6-19/h1-8,13,17-18,21,30H,9-12,14-16H2,(H,25,28,29). The van der Waals surface area contributed by atoms with E-state index in [0.29, 0.717) is 12.5 Å². The number of benzene rings is 2. The normalized spacial score (nSPS) is 15.6. The highest BCUT2D eigenvalue weighted by Crippen LogP contribution is 2.29. The first kappa shape index (κ1) is 20.8. The molecule has 0 bridgehead atoms. The molecule has 2 aromatic carbocycles. The molecule has 7 heteroatoms. The molecule has 6 nitrogen and oxygen atoms in total. The van der Waals surface area contributed by atoms with E-state index in [1.165, 1.54) is 11.1 Å². The Morgan fingerprint density at radius 2 is 1.73 bits per heavy atom. The lowest BCUT2D eigenvalue weighted by Crippen LogP contribution is -2.32. The molecule has 0 amide bonds. The van der Waals surface area contributed by atoms with Crippen LogP contribution in [0.15, 0.2) is 67.1 Å². The van der Waals surface area contributed by atoms with E-state index in [1.807, 2.05) is 24.5 Å². The second kappa shape index (κ2) is 10.0. The maximum Gasteiger partial charge on any atom is 0.201 e. The molecule has 1 aliphatic heterocycles. The summed E-state index contributed by atoms with van der Waals surface area (Å²) >= 11 is 0. The third kappa shape index (κ3) is 5.78. The van der Waals surface area contributed by atoms with Crippen LogP contribution in [0.1, 0.15) is 41.1 Å². The Bertz CT molecular complexity index is 1020. The number of nitrogens with one attached hydrogen (secondary N) is 1. The zero-order valence-corrected chi connectivity index (χ0v) is 17.9. The molecule has 1 aliphatic rings. The maximum atomic E-state index is 10.8. The molecule has 158 valence electrons. The smallest absolute Gasteiger partial charge is 0.201 e. The van der Waals surface area contributed by atoms with Crippen molar-refractivity contribution < 1.29 is 8.42 Å². The van der Waals surface area contributed by atoms with E-state index in [0.717, 1.165) is 50.3 Å². The Kier molecular flexibility index (Phi) is 6.94. The minimum atomic E-state index is -2.56. The Morgan fingerprint density at radius 3 is 2.50 bits per heavy atom. The number of aromatic nitrogens is 2. The largest absolute Gasteiger partial charge is 0.333 e. The van der Waals surface area contributed by atoms with Crippen molar-refractivity contribution in [1.29, 1.82) is 0 Å². The second-order valence-corrected chi connectivity index (χ2v) is 8.74. The van der Waals surface area contributed by atoms with Crippen LogP contribution in [0.2, 0.25) is 0 Å². The molecule has 1 fully saturated rings. The molecule has 0 spiro atoms. The van der Waals surface area contributed by atoms with Gasteiger partial charge >= 0.3 is 0 Å². The van der Waals surface area contributed by atoms with E-state index >= 15 is 0 Å². The van der Waals surface area contributed by atoms with Crippen molar-refractivity contribution >= 4 is 10.9 Å². The van der Waals surface area contributed by atoms with Crippen LogP contribution in [0, 0.1) is 0 Å².